The number of nitrogens with zero attached hydrogens (tertiary/aromatic N) is 1. The van der Waals surface area contributed by atoms with Crippen molar-refractivity contribution in [3.63, 3.8) is 0 Å². The van der Waals surface area contributed by atoms with E-state index in [2.05, 4.69) is 4.81 Å². The van der Waals surface area contributed by atoms with Gasteiger partial charge in [0.1, 0.15) is 0 Å². The molecule has 2 heterocycles. The van der Waals surface area contributed by atoms with Crippen LogP contribution in [0.15, 0.2) is 0 Å². The maximum absolute atomic E-state index is 9.49. The van der Waals surface area contributed by atoms with Gasteiger partial charge in [-0.3, -0.25) is 0 Å². The molecule has 2 fully saturated rings. The van der Waals surface area contributed by atoms with Gasteiger partial charge >= 0.3 is 7.05 Å². The highest BCUT2D eigenvalue weighted by atomic mass is 16.3. The lowest BCUT2D eigenvalue weighted by atomic mass is 9.79. The van der Waals surface area contributed by atoms with Gasteiger partial charge in [0, 0.05) is 12.1 Å². The number of hydrogen-bond donors (Lipinski definition) is 2. The highest BCUT2D eigenvalue weighted by molar-refractivity contribution is 6.45. The number of hydrogen-bond acceptors (Lipinski definition) is 3. The Balaban J connectivity index is 2.09. The van der Waals surface area contributed by atoms with Gasteiger partial charge < -0.3 is 14.9 Å². The summed E-state index contributed by atoms with van der Waals surface area (Å²) in [7, 11) is -0.338. The number of aliphatic hydroxyl groups excluding tert-OH is 1. The van der Waals surface area contributed by atoms with E-state index in [0.29, 0.717) is 12.1 Å². The zero-order chi connectivity index (χ0) is 8.72. The molecule has 2 aliphatic rings. The maximum Gasteiger partial charge on any atom is 0.376 e. The molecule has 3 atom stereocenters. The number of rotatable bonds is 1. The summed E-state index contributed by atoms with van der Waals surface area (Å²) in [5.74, 6) is 0. The minimum Gasteiger partial charge on any atom is -0.437 e. The van der Waals surface area contributed by atoms with Crippen LogP contribution in [0.1, 0.15) is 25.7 Å². The van der Waals surface area contributed by atoms with Crippen molar-refractivity contribution in [3.8, 4) is 0 Å². The van der Waals surface area contributed by atoms with Crippen LogP contribution in [0.2, 0.25) is 6.82 Å². The van der Waals surface area contributed by atoms with E-state index in [9.17, 15) is 10.1 Å². The highest BCUT2D eigenvalue weighted by Crippen LogP contribution is 2.35. The van der Waals surface area contributed by atoms with Crippen molar-refractivity contribution in [1.29, 1.82) is 0 Å². The second kappa shape index (κ2) is 3.02. The number of fused-ring (bicyclic) bond motifs is 2. The molecule has 1 unspecified atom stereocenters. The Morgan fingerprint density at radius 1 is 1.25 bits per heavy atom. The van der Waals surface area contributed by atoms with E-state index in [0.717, 1.165) is 25.7 Å². The molecular formula is C8H16BNO2. The molecule has 12 heavy (non-hydrogen) atoms. The fourth-order valence-electron chi connectivity index (χ4n) is 2.79. The van der Waals surface area contributed by atoms with Crippen LogP contribution in [0.25, 0.3) is 0 Å². The first-order chi connectivity index (χ1) is 5.68. The van der Waals surface area contributed by atoms with Crippen LogP contribution in [0, 0.1) is 0 Å². The summed E-state index contributed by atoms with van der Waals surface area (Å²) < 4.78 is 0. The van der Waals surface area contributed by atoms with Gasteiger partial charge in [0.15, 0.2) is 0 Å². The van der Waals surface area contributed by atoms with Gasteiger partial charge in [-0.05, 0) is 32.5 Å². The average Bonchev–Trinajstić information content (AvgIpc) is 2.24. The van der Waals surface area contributed by atoms with Gasteiger partial charge in [0.2, 0.25) is 0 Å². The molecule has 0 amide bonds. The molecule has 0 aromatic heterocycles. The minimum absolute atomic E-state index is 0.127. The van der Waals surface area contributed by atoms with Crippen LogP contribution < -0.4 is 0 Å². The van der Waals surface area contributed by atoms with Gasteiger partial charge in [-0.2, -0.15) is 0 Å². The lowest BCUT2D eigenvalue weighted by Crippen LogP contribution is -2.51. The van der Waals surface area contributed by atoms with Crippen molar-refractivity contribution in [2.24, 2.45) is 0 Å². The zero-order valence-electron chi connectivity index (χ0n) is 7.48. The van der Waals surface area contributed by atoms with Gasteiger partial charge in [-0.25, -0.2) is 0 Å². The van der Waals surface area contributed by atoms with Gasteiger partial charge in [0.05, 0.1) is 6.10 Å². The Kier molecular flexibility index (Phi) is 2.15. The van der Waals surface area contributed by atoms with E-state index < -0.39 is 0 Å². The molecule has 0 aliphatic carbocycles. The van der Waals surface area contributed by atoms with Crippen molar-refractivity contribution in [1.82, 2.24) is 4.81 Å². The third-order valence-corrected chi connectivity index (χ3v) is 3.20. The number of aliphatic hydroxyl groups is 1. The van der Waals surface area contributed by atoms with E-state index in [-0.39, 0.29) is 13.2 Å². The SMILES string of the molecule is CB(O)N1C2CC[C@H]1C[C@@H](O)C2. The Morgan fingerprint density at radius 3 is 2.17 bits per heavy atom. The fourth-order valence-corrected chi connectivity index (χ4v) is 2.79. The van der Waals surface area contributed by atoms with Crippen molar-refractivity contribution >= 4 is 7.05 Å². The van der Waals surface area contributed by atoms with Crippen molar-refractivity contribution < 1.29 is 10.1 Å². The molecule has 2 bridgehead atoms. The first-order valence-corrected chi connectivity index (χ1v) is 4.82. The standard InChI is InChI=1S/C8H16BNO2/c1-9(12)10-6-2-3-7(10)5-8(11)4-6/h6-8,11-12H,2-5H2,1H3/t6-,7?,8+/m0/s1. The van der Waals surface area contributed by atoms with Crippen molar-refractivity contribution in [3.05, 3.63) is 0 Å². The molecule has 2 aliphatic heterocycles. The molecule has 2 rings (SSSR count). The second-order valence-electron chi connectivity index (χ2n) is 4.09. The summed E-state index contributed by atoms with van der Waals surface area (Å²) in [6.07, 6.45) is 3.86. The first-order valence-electron chi connectivity index (χ1n) is 4.82. The van der Waals surface area contributed by atoms with Crippen LogP contribution in [-0.2, 0) is 0 Å². The number of piperidine rings is 1. The topological polar surface area (TPSA) is 43.7 Å². The molecule has 3 nitrogen and oxygen atoms in total. The van der Waals surface area contributed by atoms with E-state index >= 15 is 0 Å². The van der Waals surface area contributed by atoms with Gasteiger partial charge in [-0.15, -0.1) is 0 Å². The minimum atomic E-state index is -0.338. The Bertz CT molecular complexity index is 162. The predicted octanol–water partition coefficient (Wildman–Crippen LogP) is 0.0844. The largest absolute Gasteiger partial charge is 0.437 e. The van der Waals surface area contributed by atoms with Crippen LogP contribution in [0.3, 0.4) is 0 Å². The molecule has 0 aromatic rings. The maximum atomic E-state index is 9.49. The van der Waals surface area contributed by atoms with Crippen LogP contribution in [0.4, 0.5) is 0 Å². The fraction of sp³-hybridized carbons (Fsp3) is 1.00. The molecule has 4 heteroatoms. The Labute approximate surface area is 73.5 Å². The van der Waals surface area contributed by atoms with E-state index in [1.54, 1.807) is 0 Å². The molecule has 68 valence electrons. The van der Waals surface area contributed by atoms with E-state index in [1.165, 1.54) is 0 Å². The van der Waals surface area contributed by atoms with E-state index in [1.807, 2.05) is 6.82 Å². The van der Waals surface area contributed by atoms with Crippen molar-refractivity contribution in [2.75, 3.05) is 0 Å². The normalized spacial score (nSPS) is 41.8. The lowest BCUT2D eigenvalue weighted by Gasteiger charge is -2.37. The summed E-state index contributed by atoms with van der Waals surface area (Å²) >= 11 is 0. The molecule has 0 radical (unpaired) electrons. The third-order valence-electron chi connectivity index (χ3n) is 3.20. The second-order valence-corrected chi connectivity index (χ2v) is 4.09. The molecule has 0 spiro atoms. The van der Waals surface area contributed by atoms with Gasteiger partial charge in [0.25, 0.3) is 0 Å². The smallest absolute Gasteiger partial charge is 0.376 e. The van der Waals surface area contributed by atoms with Crippen LogP contribution in [-0.4, -0.2) is 40.2 Å². The summed E-state index contributed by atoms with van der Waals surface area (Å²) in [5.41, 5.74) is 0. The molecule has 0 saturated carbocycles. The van der Waals surface area contributed by atoms with E-state index in [4.69, 9.17) is 0 Å². The Morgan fingerprint density at radius 2 is 1.75 bits per heavy atom. The summed E-state index contributed by atoms with van der Waals surface area (Å²) in [6, 6.07) is 0.859. The van der Waals surface area contributed by atoms with Crippen molar-refractivity contribution in [2.45, 2.75) is 50.7 Å². The lowest BCUT2D eigenvalue weighted by molar-refractivity contribution is 0.0687. The molecule has 2 N–H and O–H groups in total. The predicted molar refractivity (Wildman–Crippen MR) is 47.7 cm³/mol. The highest BCUT2D eigenvalue weighted by Gasteiger charge is 2.42. The van der Waals surface area contributed by atoms with Crippen LogP contribution >= 0.6 is 0 Å². The average molecular weight is 169 g/mol. The third kappa shape index (κ3) is 1.28. The summed E-state index contributed by atoms with van der Waals surface area (Å²) in [5, 5.41) is 19.0. The Hall–Kier alpha value is -0.0551. The quantitative estimate of drug-likeness (QED) is 0.546. The summed E-state index contributed by atoms with van der Waals surface area (Å²) in [6.45, 7) is 1.82. The first kappa shape index (κ1) is 8.54. The monoisotopic (exact) mass is 169 g/mol. The van der Waals surface area contributed by atoms with Crippen LogP contribution in [0.5, 0.6) is 0 Å². The zero-order valence-corrected chi connectivity index (χ0v) is 7.48. The summed E-state index contributed by atoms with van der Waals surface area (Å²) in [4.78, 5) is 2.16. The molecule has 0 aromatic carbocycles. The molecule has 2 saturated heterocycles. The molecular weight excluding hydrogens is 153 g/mol. The van der Waals surface area contributed by atoms with Gasteiger partial charge in [-0.1, -0.05) is 0 Å².